The molecule has 4 aromatic carbocycles. The Hall–Kier alpha value is -5.21. The summed E-state index contributed by atoms with van der Waals surface area (Å²) in [5.41, 5.74) is 10.1. The molecule has 0 fully saturated rings. The second-order valence-corrected chi connectivity index (χ2v) is 9.52. The van der Waals surface area contributed by atoms with E-state index in [1.807, 2.05) is 74.5 Å². The molecule has 7 rings (SSSR count). The molecule has 0 bridgehead atoms. The van der Waals surface area contributed by atoms with Gasteiger partial charge in [-0.2, -0.15) is 5.26 Å². The van der Waals surface area contributed by atoms with E-state index >= 15 is 0 Å². The first-order chi connectivity index (χ1) is 18.6. The molecule has 0 saturated carbocycles. The smallest absolute Gasteiger partial charge is 0.149 e. The molecule has 0 aliphatic rings. The van der Waals surface area contributed by atoms with Crippen molar-refractivity contribution in [2.75, 3.05) is 0 Å². The molecule has 0 aliphatic carbocycles. The molecule has 38 heavy (non-hydrogen) atoms. The topological polar surface area (TPSA) is 67.6 Å². The molecule has 0 amide bonds. The zero-order valence-corrected chi connectivity index (χ0v) is 20.9. The van der Waals surface area contributed by atoms with Gasteiger partial charge in [0, 0.05) is 22.2 Å². The Morgan fingerprint density at radius 3 is 2.26 bits per heavy atom. The molecule has 3 heterocycles. The highest BCUT2D eigenvalue weighted by Crippen LogP contribution is 2.42. The zero-order chi connectivity index (χ0) is 25.8. The fourth-order valence-electron chi connectivity index (χ4n) is 5.38. The lowest BCUT2D eigenvalue weighted by Crippen LogP contribution is -2.00. The number of rotatable bonds is 3. The minimum Gasteiger partial charge on any atom is -0.455 e. The molecule has 5 nitrogen and oxygen atoms in total. The SMILES string of the molecule is Cc1cc(-n2c(-c3ccc(-c4ccc(C#N)cc4)c4c3oc3ccccc34)nc3ccccc32)cc(C)n1. The van der Waals surface area contributed by atoms with Crippen LogP contribution in [0.5, 0.6) is 0 Å². The highest BCUT2D eigenvalue weighted by molar-refractivity contribution is 6.16. The second-order valence-electron chi connectivity index (χ2n) is 9.52. The molecule has 0 atom stereocenters. The minimum absolute atomic E-state index is 0.635. The van der Waals surface area contributed by atoms with Gasteiger partial charge in [-0.25, -0.2) is 4.98 Å². The van der Waals surface area contributed by atoms with Gasteiger partial charge in [-0.1, -0.05) is 48.5 Å². The molecule has 0 spiro atoms. The molecule has 7 aromatic rings. The lowest BCUT2D eigenvalue weighted by Gasteiger charge is -2.13. The summed E-state index contributed by atoms with van der Waals surface area (Å²) in [7, 11) is 0. The summed E-state index contributed by atoms with van der Waals surface area (Å²) in [6.07, 6.45) is 0. The number of pyridine rings is 1. The van der Waals surface area contributed by atoms with E-state index in [0.29, 0.717) is 5.56 Å². The predicted octanol–water partition coefficient (Wildman–Crippen LogP) is 8.14. The van der Waals surface area contributed by atoms with Crippen LogP contribution in [0.1, 0.15) is 17.0 Å². The summed E-state index contributed by atoms with van der Waals surface area (Å²) >= 11 is 0. The third-order valence-corrected chi connectivity index (χ3v) is 6.98. The van der Waals surface area contributed by atoms with Gasteiger partial charge in [0.05, 0.1) is 33.9 Å². The van der Waals surface area contributed by atoms with Gasteiger partial charge in [0.15, 0.2) is 0 Å². The third kappa shape index (κ3) is 3.39. The normalized spacial score (nSPS) is 11.4. The van der Waals surface area contributed by atoms with Gasteiger partial charge in [0.1, 0.15) is 17.0 Å². The van der Waals surface area contributed by atoms with Crippen LogP contribution in [0.2, 0.25) is 0 Å². The van der Waals surface area contributed by atoms with E-state index < -0.39 is 0 Å². The van der Waals surface area contributed by atoms with Gasteiger partial charge in [-0.15, -0.1) is 0 Å². The van der Waals surface area contributed by atoms with Crippen LogP contribution < -0.4 is 0 Å². The molecule has 180 valence electrons. The molecule has 5 heteroatoms. The number of aryl methyl sites for hydroxylation is 2. The fourth-order valence-corrected chi connectivity index (χ4v) is 5.38. The fraction of sp³-hybridized carbons (Fsp3) is 0.0606. The number of hydrogen-bond donors (Lipinski definition) is 0. The van der Waals surface area contributed by atoms with E-state index in [0.717, 1.165) is 72.6 Å². The number of nitrogens with zero attached hydrogens (tertiary/aromatic N) is 4. The Labute approximate surface area is 219 Å². The van der Waals surface area contributed by atoms with Gasteiger partial charge in [-0.3, -0.25) is 9.55 Å². The van der Waals surface area contributed by atoms with E-state index in [1.54, 1.807) is 0 Å². The summed E-state index contributed by atoms with van der Waals surface area (Å²) in [5, 5.41) is 11.4. The van der Waals surface area contributed by atoms with Crippen molar-refractivity contribution >= 4 is 33.0 Å². The molecule has 0 radical (unpaired) electrons. The van der Waals surface area contributed by atoms with Gasteiger partial charge < -0.3 is 4.42 Å². The first-order valence-electron chi connectivity index (χ1n) is 12.5. The lowest BCUT2D eigenvalue weighted by molar-refractivity contribution is 0.669. The van der Waals surface area contributed by atoms with Crippen molar-refractivity contribution in [3.63, 3.8) is 0 Å². The van der Waals surface area contributed by atoms with Crippen molar-refractivity contribution in [3.05, 3.63) is 114 Å². The molecule has 0 N–H and O–H groups in total. The van der Waals surface area contributed by atoms with Crippen LogP contribution in [0.4, 0.5) is 0 Å². The Kier molecular flexibility index (Phi) is 4.89. The van der Waals surface area contributed by atoms with Crippen LogP contribution in [0.15, 0.2) is 101 Å². The predicted molar refractivity (Wildman–Crippen MR) is 151 cm³/mol. The summed E-state index contributed by atoms with van der Waals surface area (Å²) in [5.74, 6) is 0.812. The van der Waals surface area contributed by atoms with Crippen molar-refractivity contribution in [2.45, 2.75) is 13.8 Å². The quantitative estimate of drug-likeness (QED) is 0.251. The maximum absolute atomic E-state index is 9.28. The minimum atomic E-state index is 0.635. The third-order valence-electron chi connectivity index (χ3n) is 6.98. The highest BCUT2D eigenvalue weighted by atomic mass is 16.3. The number of aromatic nitrogens is 3. The lowest BCUT2D eigenvalue weighted by atomic mass is 9.96. The van der Waals surface area contributed by atoms with E-state index in [2.05, 4.69) is 52.0 Å². The number of hydrogen-bond acceptors (Lipinski definition) is 4. The van der Waals surface area contributed by atoms with E-state index in [4.69, 9.17) is 9.40 Å². The maximum atomic E-state index is 9.28. The molecule has 0 aliphatic heterocycles. The summed E-state index contributed by atoms with van der Waals surface area (Å²) in [4.78, 5) is 9.70. The summed E-state index contributed by atoms with van der Waals surface area (Å²) < 4.78 is 8.76. The molecular formula is C33H22N4O. The van der Waals surface area contributed by atoms with Crippen LogP contribution in [0.25, 0.3) is 61.2 Å². The van der Waals surface area contributed by atoms with E-state index in [9.17, 15) is 5.26 Å². The van der Waals surface area contributed by atoms with Crippen LogP contribution in [0.3, 0.4) is 0 Å². The zero-order valence-electron chi connectivity index (χ0n) is 20.9. The Morgan fingerprint density at radius 1 is 0.763 bits per heavy atom. The molecule has 0 saturated heterocycles. The average molecular weight is 491 g/mol. The van der Waals surface area contributed by atoms with Crippen molar-refractivity contribution in [1.29, 1.82) is 5.26 Å². The van der Waals surface area contributed by atoms with Crippen LogP contribution in [0, 0.1) is 25.2 Å². The standard InChI is InChI=1S/C33H22N4O/c1-20-17-24(18-21(2)35-20)37-29-9-5-4-8-28(29)36-33(37)27-16-15-25(23-13-11-22(19-34)12-14-23)31-26-7-3-6-10-30(26)38-32(27)31/h3-18H,1-2H3. The molecule has 0 unspecified atom stereocenters. The van der Waals surface area contributed by atoms with E-state index in [-0.39, 0.29) is 0 Å². The van der Waals surface area contributed by atoms with Gasteiger partial charge in [0.25, 0.3) is 0 Å². The van der Waals surface area contributed by atoms with Crippen LogP contribution >= 0.6 is 0 Å². The monoisotopic (exact) mass is 490 g/mol. The molecular weight excluding hydrogens is 468 g/mol. The second kappa shape index (κ2) is 8.43. The Morgan fingerprint density at radius 2 is 1.47 bits per heavy atom. The average Bonchev–Trinajstić information content (AvgIpc) is 3.51. The van der Waals surface area contributed by atoms with Crippen LogP contribution in [-0.4, -0.2) is 14.5 Å². The summed E-state index contributed by atoms with van der Waals surface area (Å²) in [6.45, 7) is 4.03. The van der Waals surface area contributed by atoms with Gasteiger partial charge in [-0.05, 0) is 73.5 Å². The van der Waals surface area contributed by atoms with Crippen LogP contribution in [-0.2, 0) is 0 Å². The first kappa shape index (κ1) is 22.0. The first-order valence-corrected chi connectivity index (χ1v) is 12.5. The largest absolute Gasteiger partial charge is 0.455 e. The van der Waals surface area contributed by atoms with Crippen molar-refractivity contribution in [1.82, 2.24) is 14.5 Å². The van der Waals surface area contributed by atoms with Gasteiger partial charge >= 0.3 is 0 Å². The number of para-hydroxylation sites is 3. The maximum Gasteiger partial charge on any atom is 0.149 e. The summed E-state index contributed by atoms with van der Waals surface area (Å²) in [6, 6.07) is 34.6. The van der Waals surface area contributed by atoms with Gasteiger partial charge in [0.2, 0.25) is 0 Å². The number of furan rings is 1. The number of fused-ring (bicyclic) bond motifs is 4. The number of nitriles is 1. The highest BCUT2D eigenvalue weighted by Gasteiger charge is 2.22. The Bertz CT molecular complexity index is 2040. The van der Waals surface area contributed by atoms with E-state index in [1.165, 1.54) is 0 Å². The Balaban J connectivity index is 1.57. The van der Waals surface area contributed by atoms with Crippen molar-refractivity contribution in [2.24, 2.45) is 0 Å². The number of benzene rings is 4. The van der Waals surface area contributed by atoms with Crippen molar-refractivity contribution in [3.8, 4) is 34.3 Å². The van der Waals surface area contributed by atoms with Crippen molar-refractivity contribution < 1.29 is 4.42 Å². The number of imidazole rings is 1. The molecule has 3 aromatic heterocycles.